The molecule has 0 aliphatic heterocycles. The number of carbonyl (C=O) groups is 1. The molecule has 0 saturated heterocycles. The molecule has 1 heterocycles. The molecule has 0 radical (unpaired) electrons. The normalized spacial score (nSPS) is 10.5. The van der Waals surface area contributed by atoms with E-state index in [4.69, 9.17) is 5.73 Å². The average molecular weight is 297 g/mol. The lowest BCUT2D eigenvalue weighted by Crippen LogP contribution is -2.41. The Bertz CT molecular complexity index is 630. The SMILES string of the molecule is CCCCn1c(N)c(NCC(=O)N(C)C)c(=O)n(C)c1=O. The molecule has 0 aliphatic carbocycles. The van der Waals surface area contributed by atoms with E-state index in [9.17, 15) is 14.4 Å². The number of carbonyl (C=O) groups excluding carboxylic acids is 1. The summed E-state index contributed by atoms with van der Waals surface area (Å²) in [6.07, 6.45) is 1.68. The molecular weight excluding hydrogens is 274 g/mol. The van der Waals surface area contributed by atoms with Crippen molar-refractivity contribution in [3.05, 3.63) is 20.8 Å². The van der Waals surface area contributed by atoms with Crippen LogP contribution in [-0.4, -0.2) is 40.6 Å². The molecule has 0 aliphatic rings. The first-order chi connectivity index (χ1) is 9.81. The lowest BCUT2D eigenvalue weighted by atomic mass is 10.3. The third kappa shape index (κ3) is 3.65. The molecule has 0 saturated carbocycles. The van der Waals surface area contributed by atoms with Crippen molar-refractivity contribution in [1.82, 2.24) is 14.0 Å². The van der Waals surface area contributed by atoms with Gasteiger partial charge < -0.3 is 16.0 Å². The van der Waals surface area contributed by atoms with Gasteiger partial charge in [0.25, 0.3) is 5.56 Å². The van der Waals surface area contributed by atoms with Gasteiger partial charge in [-0.25, -0.2) is 4.79 Å². The standard InChI is InChI=1S/C13H23N5O3/c1-5-6-7-18-11(14)10(12(20)17(4)13(18)21)15-8-9(19)16(2)3/h15H,5-8,14H2,1-4H3. The molecule has 0 atom stereocenters. The molecule has 0 fully saturated rings. The molecule has 8 heteroatoms. The van der Waals surface area contributed by atoms with Crippen molar-refractivity contribution in [2.45, 2.75) is 26.3 Å². The van der Waals surface area contributed by atoms with E-state index in [2.05, 4.69) is 5.32 Å². The molecule has 118 valence electrons. The lowest BCUT2D eigenvalue weighted by molar-refractivity contribution is -0.126. The molecule has 1 rings (SSSR count). The van der Waals surface area contributed by atoms with Crippen LogP contribution in [-0.2, 0) is 18.4 Å². The number of hydrogen-bond donors (Lipinski definition) is 2. The second-order valence-electron chi connectivity index (χ2n) is 5.05. The summed E-state index contributed by atoms with van der Waals surface area (Å²) >= 11 is 0. The van der Waals surface area contributed by atoms with Crippen LogP contribution in [0.4, 0.5) is 11.5 Å². The van der Waals surface area contributed by atoms with Crippen LogP contribution in [0.25, 0.3) is 0 Å². The molecule has 0 spiro atoms. The summed E-state index contributed by atoms with van der Waals surface area (Å²) in [7, 11) is 4.63. The Hall–Kier alpha value is -2.25. The molecule has 0 bridgehead atoms. The van der Waals surface area contributed by atoms with Crippen molar-refractivity contribution < 1.29 is 4.79 Å². The van der Waals surface area contributed by atoms with Gasteiger partial charge in [0.15, 0.2) is 0 Å². The third-order valence-electron chi connectivity index (χ3n) is 3.23. The van der Waals surface area contributed by atoms with Crippen LogP contribution >= 0.6 is 0 Å². The molecule has 8 nitrogen and oxygen atoms in total. The first-order valence-corrected chi connectivity index (χ1v) is 6.84. The summed E-state index contributed by atoms with van der Waals surface area (Å²) in [5, 5.41) is 2.74. The van der Waals surface area contributed by atoms with Crippen LogP contribution in [0.3, 0.4) is 0 Å². The minimum atomic E-state index is -0.531. The fraction of sp³-hybridized carbons (Fsp3) is 0.615. The van der Waals surface area contributed by atoms with Gasteiger partial charge in [-0.05, 0) is 6.42 Å². The number of nitrogen functional groups attached to an aromatic ring is 1. The van der Waals surface area contributed by atoms with Gasteiger partial charge in [0.1, 0.15) is 11.5 Å². The van der Waals surface area contributed by atoms with E-state index in [1.165, 1.54) is 16.5 Å². The number of nitrogens with two attached hydrogens (primary N) is 1. The van der Waals surface area contributed by atoms with E-state index in [1.807, 2.05) is 6.92 Å². The summed E-state index contributed by atoms with van der Waals surface area (Å²) in [5.74, 6) is -0.120. The van der Waals surface area contributed by atoms with Crippen molar-refractivity contribution in [2.75, 3.05) is 31.7 Å². The zero-order chi connectivity index (χ0) is 16.2. The molecule has 0 aromatic carbocycles. The summed E-state index contributed by atoms with van der Waals surface area (Å²) < 4.78 is 2.35. The molecule has 1 aromatic rings. The van der Waals surface area contributed by atoms with Crippen molar-refractivity contribution >= 4 is 17.4 Å². The second kappa shape index (κ2) is 6.96. The van der Waals surface area contributed by atoms with Crippen molar-refractivity contribution in [3.8, 4) is 0 Å². The van der Waals surface area contributed by atoms with E-state index in [-0.39, 0.29) is 24.0 Å². The highest BCUT2D eigenvalue weighted by atomic mass is 16.2. The van der Waals surface area contributed by atoms with Crippen molar-refractivity contribution in [3.63, 3.8) is 0 Å². The summed E-state index contributed by atoms with van der Waals surface area (Å²) in [5.41, 5.74) is 5.03. The van der Waals surface area contributed by atoms with E-state index >= 15 is 0 Å². The molecule has 1 amide bonds. The van der Waals surface area contributed by atoms with Crippen LogP contribution in [0.15, 0.2) is 9.59 Å². The fourth-order valence-corrected chi connectivity index (χ4v) is 1.80. The quantitative estimate of drug-likeness (QED) is 0.732. The van der Waals surface area contributed by atoms with E-state index < -0.39 is 11.2 Å². The van der Waals surface area contributed by atoms with Gasteiger partial charge in [0.05, 0.1) is 6.54 Å². The van der Waals surface area contributed by atoms with Gasteiger partial charge in [-0.1, -0.05) is 13.3 Å². The molecular formula is C13H23N5O3. The van der Waals surface area contributed by atoms with Gasteiger partial charge in [-0.15, -0.1) is 0 Å². The van der Waals surface area contributed by atoms with Crippen LogP contribution in [0, 0.1) is 0 Å². The van der Waals surface area contributed by atoms with Crippen molar-refractivity contribution in [2.24, 2.45) is 7.05 Å². The van der Waals surface area contributed by atoms with Gasteiger partial charge >= 0.3 is 5.69 Å². The zero-order valence-corrected chi connectivity index (χ0v) is 13.0. The number of likely N-dealkylation sites (N-methyl/N-ethyl adjacent to an activating group) is 1. The number of unbranched alkanes of at least 4 members (excludes halogenated alkanes) is 1. The Kier molecular flexibility index (Phi) is 5.57. The lowest BCUT2D eigenvalue weighted by Gasteiger charge is -2.16. The smallest absolute Gasteiger partial charge is 0.332 e. The van der Waals surface area contributed by atoms with E-state index in [0.29, 0.717) is 6.54 Å². The maximum absolute atomic E-state index is 12.1. The van der Waals surface area contributed by atoms with Crippen LogP contribution in [0.2, 0.25) is 0 Å². The molecule has 0 unspecified atom stereocenters. The number of amides is 1. The first-order valence-electron chi connectivity index (χ1n) is 6.84. The van der Waals surface area contributed by atoms with E-state index in [1.54, 1.807) is 14.1 Å². The number of hydrogen-bond acceptors (Lipinski definition) is 5. The van der Waals surface area contributed by atoms with Crippen molar-refractivity contribution in [1.29, 1.82) is 0 Å². The first kappa shape index (κ1) is 16.8. The number of aromatic nitrogens is 2. The zero-order valence-electron chi connectivity index (χ0n) is 13.0. The van der Waals surface area contributed by atoms with Crippen LogP contribution in [0.5, 0.6) is 0 Å². The Balaban J connectivity index is 3.20. The fourth-order valence-electron chi connectivity index (χ4n) is 1.80. The van der Waals surface area contributed by atoms with Gasteiger partial charge in [-0.2, -0.15) is 0 Å². The van der Waals surface area contributed by atoms with Crippen LogP contribution < -0.4 is 22.3 Å². The Morgan fingerprint density at radius 3 is 2.48 bits per heavy atom. The minimum absolute atomic E-state index is 0.0571. The minimum Gasteiger partial charge on any atom is -0.383 e. The summed E-state index contributed by atoms with van der Waals surface area (Å²) in [6, 6.07) is 0. The highest BCUT2D eigenvalue weighted by Gasteiger charge is 2.16. The topological polar surface area (TPSA) is 102 Å². The number of nitrogens with one attached hydrogen (secondary N) is 1. The maximum Gasteiger partial charge on any atom is 0.332 e. The third-order valence-corrected chi connectivity index (χ3v) is 3.23. The Morgan fingerprint density at radius 1 is 1.33 bits per heavy atom. The summed E-state index contributed by atoms with van der Waals surface area (Å²) in [4.78, 5) is 37.2. The second-order valence-corrected chi connectivity index (χ2v) is 5.05. The monoisotopic (exact) mass is 297 g/mol. The predicted molar refractivity (Wildman–Crippen MR) is 82.4 cm³/mol. The number of nitrogens with zero attached hydrogens (tertiary/aromatic N) is 3. The molecule has 21 heavy (non-hydrogen) atoms. The Labute approximate surface area is 123 Å². The number of rotatable bonds is 6. The highest BCUT2D eigenvalue weighted by molar-refractivity contribution is 5.81. The maximum atomic E-state index is 12.1. The van der Waals surface area contributed by atoms with E-state index in [0.717, 1.165) is 17.4 Å². The summed E-state index contributed by atoms with van der Waals surface area (Å²) in [6.45, 7) is 2.38. The van der Waals surface area contributed by atoms with Gasteiger partial charge in [0, 0.05) is 27.7 Å². The molecule has 1 aromatic heterocycles. The van der Waals surface area contributed by atoms with Crippen LogP contribution in [0.1, 0.15) is 19.8 Å². The largest absolute Gasteiger partial charge is 0.383 e. The molecule has 3 N–H and O–H groups in total. The highest BCUT2D eigenvalue weighted by Crippen LogP contribution is 2.11. The number of anilines is 2. The Morgan fingerprint density at radius 2 is 1.95 bits per heavy atom. The van der Waals surface area contributed by atoms with Gasteiger partial charge in [-0.3, -0.25) is 18.7 Å². The predicted octanol–water partition coefficient (Wildman–Crippen LogP) is -0.571. The average Bonchev–Trinajstić information content (AvgIpc) is 2.44. The van der Waals surface area contributed by atoms with Gasteiger partial charge in [0.2, 0.25) is 5.91 Å².